The third-order valence-electron chi connectivity index (χ3n) is 3.87. The molecule has 0 heterocycles. The lowest BCUT2D eigenvalue weighted by Crippen LogP contribution is -2.22. The zero-order chi connectivity index (χ0) is 13.8. The molecule has 1 aromatic carbocycles. The maximum Gasteiger partial charge on any atom is 0.306 e. The number of benzene rings is 1. The molecule has 0 aliphatic heterocycles. The van der Waals surface area contributed by atoms with Crippen LogP contribution in [0.2, 0.25) is 0 Å². The second kappa shape index (κ2) is 5.83. The summed E-state index contributed by atoms with van der Waals surface area (Å²) in [4.78, 5) is 10.9. The number of carbonyl (C=O) groups is 1. The van der Waals surface area contributed by atoms with Crippen LogP contribution in [0, 0.1) is 29.0 Å². The molecule has 1 fully saturated rings. The standard InChI is InChI=1S/C15H16FNO2/c16-14-6-3-11(8-13(14)9-17)7-10-1-4-12(5-2-10)15(18)19/h3,6,8,10,12H,1-2,4-5,7H2,(H,18,19). The molecule has 0 saturated heterocycles. The normalized spacial score (nSPS) is 22.7. The van der Waals surface area contributed by atoms with E-state index in [0.717, 1.165) is 24.8 Å². The summed E-state index contributed by atoms with van der Waals surface area (Å²) in [7, 11) is 0. The maximum atomic E-state index is 13.2. The van der Waals surface area contributed by atoms with Gasteiger partial charge in [0, 0.05) is 0 Å². The summed E-state index contributed by atoms with van der Waals surface area (Å²) in [6, 6.07) is 6.48. The van der Waals surface area contributed by atoms with E-state index < -0.39 is 11.8 Å². The van der Waals surface area contributed by atoms with Crippen LogP contribution in [-0.4, -0.2) is 11.1 Å². The molecule has 2 rings (SSSR count). The van der Waals surface area contributed by atoms with Gasteiger partial charge in [-0.25, -0.2) is 4.39 Å². The average Bonchev–Trinajstić information content (AvgIpc) is 2.41. The van der Waals surface area contributed by atoms with Crippen LogP contribution in [0.5, 0.6) is 0 Å². The highest BCUT2D eigenvalue weighted by Gasteiger charge is 2.25. The van der Waals surface area contributed by atoms with Gasteiger partial charge in [0.25, 0.3) is 0 Å². The van der Waals surface area contributed by atoms with E-state index in [-0.39, 0.29) is 11.5 Å². The number of aliphatic carboxylic acids is 1. The topological polar surface area (TPSA) is 61.1 Å². The van der Waals surface area contributed by atoms with E-state index in [0.29, 0.717) is 18.8 Å². The third-order valence-corrected chi connectivity index (χ3v) is 3.87. The molecule has 0 radical (unpaired) electrons. The zero-order valence-corrected chi connectivity index (χ0v) is 10.6. The van der Waals surface area contributed by atoms with Crippen molar-refractivity contribution in [3.63, 3.8) is 0 Å². The number of hydrogen-bond donors (Lipinski definition) is 1. The van der Waals surface area contributed by atoms with Crippen molar-refractivity contribution in [2.45, 2.75) is 32.1 Å². The molecule has 19 heavy (non-hydrogen) atoms. The Bertz CT molecular complexity index is 513. The Morgan fingerprint density at radius 2 is 2.05 bits per heavy atom. The highest BCUT2D eigenvalue weighted by Crippen LogP contribution is 2.31. The summed E-state index contributed by atoms with van der Waals surface area (Å²) in [5.74, 6) is -0.959. The van der Waals surface area contributed by atoms with Crippen molar-refractivity contribution >= 4 is 5.97 Å². The zero-order valence-electron chi connectivity index (χ0n) is 10.6. The number of carboxylic acid groups (broad SMARTS) is 1. The van der Waals surface area contributed by atoms with Crippen molar-refractivity contribution < 1.29 is 14.3 Å². The van der Waals surface area contributed by atoms with Crippen LogP contribution in [0.4, 0.5) is 4.39 Å². The number of nitrogens with zero attached hydrogens (tertiary/aromatic N) is 1. The summed E-state index contributed by atoms with van der Waals surface area (Å²) in [6.45, 7) is 0. The Morgan fingerprint density at radius 3 is 2.63 bits per heavy atom. The van der Waals surface area contributed by atoms with E-state index >= 15 is 0 Å². The first-order valence-corrected chi connectivity index (χ1v) is 6.51. The number of halogens is 1. The molecule has 3 nitrogen and oxygen atoms in total. The van der Waals surface area contributed by atoms with Gasteiger partial charge in [0.1, 0.15) is 11.9 Å². The first-order chi connectivity index (χ1) is 9.10. The van der Waals surface area contributed by atoms with E-state index in [4.69, 9.17) is 10.4 Å². The molecule has 0 unspecified atom stereocenters. The molecule has 100 valence electrons. The van der Waals surface area contributed by atoms with Crippen molar-refractivity contribution in [2.75, 3.05) is 0 Å². The fraction of sp³-hybridized carbons (Fsp3) is 0.467. The lowest BCUT2D eigenvalue weighted by Gasteiger charge is -2.26. The van der Waals surface area contributed by atoms with Crippen molar-refractivity contribution in [3.05, 3.63) is 35.1 Å². The highest BCUT2D eigenvalue weighted by atomic mass is 19.1. The predicted octanol–water partition coefficient (Wildman–Crippen LogP) is 3.13. The molecule has 0 aromatic heterocycles. The van der Waals surface area contributed by atoms with Gasteiger partial charge in [-0.2, -0.15) is 5.26 Å². The smallest absolute Gasteiger partial charge is 0.306 e. The number of nitriles is 1. The molecule has 1 saturated carbocycles. The van der Waals surface area contributed by atoms with E-state index in [2.05, 4.69) is 0 Å². The fourth-order valence-corrected chi connectivity index (χ4v) is 2.73. The summed E-state index contributed by atoms with van der Waals surface area (Å²) in [5, 5.41) is 17.7. The van der Waals surface area contributed by atoms with Gasteiger partial charge in [-0.05, 0) is 55.7 Å². The molecule has 0 amide bonds. The van der Waals surface area contributed by atoms with Crippen LogP contribution < -0.4 is 0 Å². The van der Waals surface area contributed by atoms with E-state index in [1.54, 1.807) is 12.1 Å². The van der Waals surface area contributed by atoms with E-state index in [1.807, 2.05) is 6.07 Å². The van der Waals surface area contributed by atoms with Crippen molar-refractivity contribution in [2.24, 2.45) is 11.8 Å². The average molecular weight is 261 g/mol. The van der Waals surface area contributed by atoms with Gasteiger partial charge < -0.3 is 5.11 Å². The Kier molecular flexibility index (Phi) is 4.16. The van der Waals surface area contributed by atoms with E-state index in [1.165, 1.54) is 6.07 Å². The van der Waals surface area contributed by atoms with Gasteiger partial charge in [0.15, 0.2) is 0 Å². The van der Waals surface area contributed by atoms with Crippen LogP contribution >= 0.6 is 0 Å². The molecule has 1 aromatic rings. The summed E-state index contributed by atoms with van der Waals surface area (Å²) in [6.07, 6.45) is 3.99. The summed E-state index contributed by atoms with van der Waals surface area (Å²) >= 11 is 0. The first-order valence-electron chi connectivity index (χ1n) is 6.51. The Hall–Kier alpha value is -1.89. The van der Waals surface area contributed by atoms with Crippen LogP contribution in [0.1, 0.15) is 36.8 Å². The van der Waals surface area contributed by atoms with Crippen LogP contribution in [0.25, 0.3) is 0 Å². The molecule has 0 atom stereocenters. The number of carboxylic acids is 1. The molecule has 1 N–H and O–H groups in total. The Balaban J connectivity index is 1.96. The number of rotatable bonds is 3. The molecule has 1 aliphatic rings. The molecular weight excluding hydrogens is 245 g/mol. The minimum Gasteiger partial charge on any atom is -0.481 e. The van der Waals surface area contributed by atoms with Gasteiger partial charge >= 0.3 is 5.97 Å². The summed E-state index contributed by atoms with van der Waals surface area (Å²) in [5.41, 5.74) is 1.04. The van der Waals surface area contributed by atoms with Gasteiger partial charge in [0.05, 0.1) is 11.5 Å². The lowest BCUT2D eigenvalue weighted by atomic mass is 9.79. The van der Waals surface area contributed by atoms with Crippen LogP contribution in [-0.2, 0) is 11.2 Å². The number of hydrogen-bond acceptors (Lipinski definition) is 2. The van der Waals surface area contributed by atoms with Gasteiger partial charge in [0.2, 0.25) is 0 Å². The quantitative estimate of drug-likeness (QED) is 0.909. The minimum absolute atomic E-state index is 0.0803. The third kappa shape index (κ3) is 3.31. The van der Waals surface area contributed by atoms with Crippen LogP contribution in [0.15, 0.2) is 18.2 Å². The van der Waals surface area contributed by atoms with Crippen LogP contribution in [0.3, 0.4) is 0 Å². The molecule has 4 heteroatoms. The van der Waals surface area contributed by atoms with Crippen molar-refractivity contribution in [3.8, 4) is 6.07 Å². The molecule has 0 bridgehead atoms. The highest BCUT2D eigenvalue weighted by molar-refractivity contribution is 5.69. The van der Waals surface area contributed by atoms with Crippen molar-refractivity contribution in [1.82, 2.24) is 0 Å². The first kappa shape index (κ1) is 13.5. The summed E-state index contributed by atoms with van der Waals surface area (Å²) < 4.78 is 13.2. The maximum absolute atomic E-state index is 13.2. The lowest BCUT2D eigenvalue weighted by molar-refractivity contribution is -0.143. The SMILES string of the molecule is N#Cc1cc(CC2CCC(C(=O)O)CC2)ccc1F. The predicted molar refractivity (Wildman–Crippen MR) is 67.9 cm³/mol. The van der Waals surface area contributed by atoms with Gasteiger partial charge in [-0.1, -0.05) is 6.07 Å². The van der Waals surface area contributed by atoms with Crippen molar-refractivity contribution in [1.29, 1.82) is 5.26 Å². The Morgan fingerprint density at radius 1 is 1.37 bits per heavy atom. The second-order valence-electron chi connectivity index (χ2n) is 5.19. The van der Waals surface area contributed by atoms with Gasteiger partial charge in [-0.3, -0.25) is 4.79 Å². The molecule has 0 spiro atoms. The molecule has 1 aliphatic carbocycles. The van der Waals surface area contributed by atoms with E-state index in [9.17, 15) is 9.18 Å². The minimum atomic E-state index is -0.702. The van der Waals surface area contributed by atoms with Gasteiger partial charge in [-0.15, -0.1) is 0 Å². The second-order valence-corrected chi connectivity index (χ2v) is 5.19. The Labute approximate surface area is 111 Å². The fourth-order valence-electron chi connectivity index (χ4n) is 2.73. The largest absolute Gasteiger partial charge is 0.481 e. The monoisotopic (exact) mass is 261 g/mol. The molecular formula is C15H16FNO2.